The van der Waals surface area contributed by atoms with Gasteiger partial charge in [-0.1, -0.05) is 23.2 Å². The van der Waals surface area contributed by atoms with Crippen molar-refractivity contribution in [1.29, 1.82) is 0 Å². The van der Waals surface area contributed by atoms with Crippen molar-refractivity contribution in [2.75, 3.05) is 0 Å². The van der Waals surface area contributed by atoms with E-state index in [1.165, 1.54) is 0 Å². The minimum atomic E-state index is -0.958. The van der Waals surface area contributed by atoms with Crippen molar-refractivity contribution < 1.29 is 9.59 Å². The minimum absolute atomic E-state index is 0.320. The van der Waals surface area contributed by atoms with Gasteiger partial charge in [0.15, 0.2) is 0 Å². The molecule has 2 aliphatic rings. The largest absolute Gasteiger partial charge is 0.322 e. The minimum Gasteiger partial charge on any atom is -0.319 e. The highest BCUT2D eigenvalue weighted by Crippen LogP contribution is 2.42. The van der Waals surface area contributed by atoms with E-state index in [4.69, 9.17) is 23.2 Å². The van der Waals surface area contributed by atoms with Crippen molar-refractivity contribution in [3.8, 4) is 0 Å². The topological polar surface area (TPSA) is 58.2 Å². The summed E-state index contributed by atoms with van der Waals surface area (Å²) in [6.07, 6.45) is 1.23. The van der Waals surface area contributed by atoms with Crippen LogP contribution >= 0.6 is 23.2 Å². The molecule has 1 spiro atoms. The number of halogens is 2. The maximum atomic E-state index is 11.9. The number of hydrogen-bond donors (Lipinski definition) is 2. The Morgan fingerprint density at radius 1 is 1.18 bits per heavy atom. The van der Waals surface area contributed by atoms with Crippen LogP contribution < -0.4 is 10.6 Å². The molecule has 0 aromatic heterocycles. The predicted octanol–water partition coefficient (Wildman–Crippen LogP) is 1.97. The smallest absolute Gasteiger partial charge is 0.319 e. The first-order valence-electron chi connectivity index (χ1n) is 5.15. The number of hydrogen-bond acceptors (Lipinski definition) is 2. The third kappa shape index (κ3) is 1.37. The molecule has 0 radical (unpaired) electrons. The van der Waals surface area contributed by atoms with Crippen LogP contribution in [0, 0.1) is 0 Å². The number of nitrogens with one attached hydrogen (secondary N) is 2. The summed E-state index contributed by atoms with van der Waals surface area (Å²) in [5.74, 6) is -0.320. The van der Waals surface area contributed by atoms with Crippen molar-refractivity contribution in [1.82, 2.24) is 10.6 Å². The highest BCUT2D eigenvalue weighted by atomic mass is 35.5. The quantitative estimate of drug-likeness (QED) is 0.709. The van der Waals surface area contributed by atoms with Gasteiger partial charge in [0.1, 0.15) is 5.54 Å². The molecule has 4 nitrogen and oxygen atoms in total. The van der Waals surface area contributed by atoms with E-state index in [0.717, 1.165) is 11.1 Å². The van der Waals surface area contributed by atoms with Crippen LogP contribution in [-0.4, -0.2) is 11.9 Å². The average molecular weight is 271 g/mol. The van der Waals surface area contributed by atoms with Crippen LogP contribution in [0.4, 0.5) is 4.79 Å². The maximum absolute atomic E-state index is 11.9. The zero-order chi connectivity index (χ0) is 12.2. The van der Waals surface area contributed by atoms with Crippen molar-refractivity contribution in [3.05, 3.63) is 33.3 Å². The van der Waals surface area contributed by atoms with E-state index in [0.29, 0.717) is 22.9 Å². The Morgan fingerprint density at radius 3 is 2.53 bits per heavy atom. The number of fused-ring (bicyclic) bond motifs is 2. The molecule has 2 N–H and O–H groups in total. The van der Waals surface area contributed by atoms with E-state index in [2.05, 4.69) is 10.6 Å². The summed E-state index contributed by atoms with van der Waals surface area (Å²) in [6.45, 7) is 0. The van der Waals surface area contributed by atoms with E-state index in [-0.39, 0.29) is 5.91 Å². The van der Waals surface area contributed by atoms with E-state index in [9.17, 15) is 9.59 Å². The summed E-state index contributed by atoms with van der Waals surface area (Å²) in [5, 5.41) is 5.79. The predicted molar refractivity (Wildman–Crippen MR) is 63.1 cm³/mol. The monoisotopic (exact) mass is 270 g/mol. The Balaban J connectivity index is 2.19. The van der Waals surface area contributed by atoms with Crippen molar-refractivity contribution in [2.45, 2.75) is 18.4 Å². The Morgan fingerprint density at radius 2 is 1.88 bits per heavy atom. The molecule has 1 unspecified atom stereocenters. The molecule has 3 rings (SSSR count). The number of carbonyl (C=O) groups is 2. The lowest BCUT2D eigenvalue weighted by Crippen LogP contribution is -2.41. The van der Waals surface area contributed by atoms with Gasteiger partial charge in [0.05, 0.1) is 10.0 Å². The van der Waals surface area contributed by atoms with Crippen LogP contribution in [0.15, 0.2) is 12.1 Å². The van der Waals surface area contributed by atoms with Crippen LogP contribution in [0.1, 0.15) is 17.5 Å². The van der Waals surface area contributed by atoms with Gasteiger partial charge < -0.3 is 5.32 Å². The molecule has 1 saturated heterocycles. The number of aryl methyl sites for hydroxylation is 1. The maximum Gasteiger partial charge on any atom is 0.322 e. The molecule has 1 aliphatic carbocycles. The highest BCUT2D eigenvalue weighted by molar-refractivity contribution is 6.42. The fourth-order valence-corrected chi connectivity index (χ4v) is 2.86. The fraction of sp³-hybridized carbons (Fsp3) is 0.273. The highest BCUT2D eigenvalue weighted by Gasteiger charge is 2.51. The van der Waals surface area contributed by atoms with Gasteiger partial charge in [0.25, 0.3) is 5.91 Å². The van der Waals surface area contributed by atoms with Gasteiger partial charge in [-0.2, -0.15) is 0 Å². The Kier molecular flexibility index (Phi) is 2.15. The lowest BCUT2D eigenvalue weighted by atomic mass is 9.92. The summed E-state index contributed by atoms with van der Waals surface area (Å²) in [6, 6.07) is 2.96. The lowest BCUT2D eigenvalue weighted by Gasteiger charge is -2.21. The van der Waals surface area contributed by atoms with E-state index in [1.54, 1.807) is 12.1 Å². The van der Waals surface area contributed by atoms with Crippen LogP contribution in [0.2, 0.25) is 10.0 Å². The Labute approximate surface area is 107 Å². The van der Waals surface area contributed by atoms with Crippen molar-refractivity contribution >= 4 is 35.1 Å². The molecular weight excluding hydrogens is 263 g/mol. The van der Waals surface area contributed by atoms with Gasteiger partial charge in [0.2, 0.25) is 0 Å². The fourth-order valence-electron chi connectivity index (χ4n) is 2.51. The molecule has 3 amide bonds. The number of rotatable bonds is 0. The van der Waals surface area contributed by atoms with Gasteiger partial charge in [-0.3, -0.25) is 10.1 Å². The Bertz CT molecular complexity index is 559. The van der Waals surface area contributed by atoms with Gasteiger partial charge in [0, 0.05) is 0 Å². The molecule has 17 heavy (non-hydrogen) atoms. The van der Waals surface area contributed by atoms with E-state index < -0.39 is 11.6 Å². The summed E-state index contributed by atoms with van der Waals surface area (Å²) < 4.78 is 0. The summed E-state index contributed by atoms with van der Waals surface area (Å²) in [7, 11) is 0. The molecule has 1 atom stereocenters. The second kappa shape index (κ2) is 3.37. The molecule has 88 valence electrons. The molecule has 1 heterocycles. The van der Waals surface area contributed by atoms with Crippen LogP contribution in [0.25, 0.3) is 0 Å². The van der Waals surface area contributed by atoms with Crippen LogP contribution in [-0.2, 0) is 16.8 Å². The summed E-state index contributed by atoms with van der Waals surface area (Å²) in [5.41, 5.74) is 0.743. The van der Waals surface area contributed by atoms with Crippen molar-refractivity contribution in [2.24, 2.45) is 0 Å². The van der Waals surface area contributed by atoms with Crippen LogP contribution in [0.5, 0.6) is 0 Å². The van der Waals surface area contributed by atoms with Crippen molar-refractivity contribution in [3.63, 3.8) is 0 Å². The zero-order valence-electron chi connectivity index (χ0n) is 8.64. The summed E-state index contributed by atoms with van der Waals surface area (Å²) >= 11 is 11.9. The average Bonchev–Trinajstić information content (AvgIpc) is 2.73. The molecule has 1 aliphatic heterocycles. The first-order chi connectivity index (χ1) is 8.03. The molecule has 0 saturated carbocycles. The first kappa shape index (κ1) is 10.9. The molecule has 1 aromatic rings. The second-order valence-electron chi connectivity index (χ2n) is 4.24. The number of amides is 3. The first-order valence-corrected chi connectivity index (χ1v) is 5.90. The molecule has 1 aromatic carbocycles. The molecule has 0 bridgehead atoms. The van der Waals surface area contributed by atoms with Gasteiger partial charge >= 0.3 is 6.03 Å². The van der Waals surface area contributed by atoms with Gasteiger partial charge in [-0.05, 0) is 36.1 Å². The number of urea groups is 1. The number of imide groups is 1. The zero-order valence-corrected chi connectivity index (χ0v) is 10.2. The molecule has 1 fully saturated rings. The van der Waals surface area contributed by atoms with E-state index in [1.807, 2.05) is 0 Å². The van der Waals surface area contributed by atoms with Gasteiger partial charge in [-0.15, -0.1) is 0 Å². The standard InChI is InChI=1S/C11H8Cl2N2O2/c12-7-3-5-1-2-11(6(5)4-8(7)13)9(16)14-10(17)15-11/h3-4H,1-2H2,(H2,14,15,16,17). The number of carbonyl (C=O) groups excluding carboxylic acids is 2. The number of benzene rings is 1. The second-order valence-corrected chi connectivity index (χ2v) is 5.05. The van der Waals surface area contributed by atoms with Gasteiger partial charge in [-0.25, -0.2) is 4.79 Å². The normalized spacial score (nSPS) is 26.0. The van der Waals surface area contributed by atoms with E-state index >= 15 is 0 Å². The third-order valence-corrected chi connectivity index (χ3v) is 4.04. The lowest BCUT2D eigenvalue weighted by molar-refractivity contribution is -0.124. The SMILES string of the molecule is O=C1NC(=O)C2(CCc3cc(Cl)c(Cl)cc32)N1. The summed E-state index contributed by atoms with van der Waals surface area (Å²) in [4.78, 5) is 23.2. The third-order valence-electron chi connectivity index (χ3n) is 3.32. The van der Waals surface area contributed by atoms with Crippen LogP contribution in [0.3, 0.4) is 0 Å². The molecular formula is C11H8Cl2N2O2. The molecule has 6 heteroatoms. The Hall–Kier alpha value is -1.26.